The minimum Gasteiger partial charge on any atom is -0.390 e. The lowest BCUT2D eigenvalue weighted by molar-refractivity contribution is 0.101. The minimum absolute atomic E-state index is 0.187. The molecule has 6 rings (SSSR count). The highest BCUT2D eigenvalue weighted by molar-refractivity contribution is 6.03. The number of amides is 1. The quantitative estimate of drug-likeness (QED) is 0.394. The Balaban J connectivity index is 1.27. The first-order chi connectivity index (χ1) is 17.0. The molecule has 4 aromatic heterocycles. The summed E-state index contributed by atoms with van der Waals surface area (Å²) in [5.41, 5.74) is 5.15. The maximum atomic E-state index is 13.3. The second-order valence-corrected chi connectivity index (χ2v) is 9.68. The monoisotopic (exact) mass is 474 g/mol. The first-order valence-electron chi connectivity index (χ1n) is 12.3. The third-order valence-electron chi connectivity index (χ3n) is 6.90. The van der Waals surface area contributed by atoms with Crippen molar-refractivity contribution in [3.05, 3.63) is 53.4 Å². The van der Waals surface area contributed by atoms with Crippen molar-refractivity contribution >= 4 is 28.6 Å². The number of anilines is 2. The molecule has 1 saturated heterocycles. The topological polar surface area (TPSA) is 112 Å². The van der Waals surface area contributed by atoms with E-state index in [2.05, 4.69) is 30.6 Å². The van der Waals surface area contributed by atoms with Crippen molar-refractivity contribution in [3.63, 3.8) is 0 Å². The number of piperidine rings is 1. The standard InChI is InChI=1S/C25H30N8O2/c1-15-12-32-13-23(28-24(32)16(2)26-15)29-25(35)21-6-5-20(22-11-19(14-34)30-33(21)22)31-9-7-18(8-10-31)27-17-3-4-17/h5-6,11-13,17-18,27,34H,3-4,7-10,14H2,1-2H3,(H,29,35). The van der Waals surface area contributed by atoms with E-state index in [1.807, 2.05) is 36.6 Å². The van der Waals surface area contributed by atoms with Gasteiger partial charge in [0.15, 0.2) is 11.5 Å². The summed E-state index contributed by atoms with van der Waals surface area (Å²) in [6.45, 7) is 5.52. The van der Waals surface area contributed by atoms with Crippen molar-refractivity contribution in [3.8, 4) is 0 Å². The van der Waals surface area contributed by atoms with Gasteiger partial charge in [-0.05, 0) is 57.7 Å². The van der Waals surface area contributed by atoms with E-state index in [9.17, 15) is 9.90 Å². The Hall–Kier alpha value is -3.50. The van der Waals surface area contributed by atoms with Gasteiger partial charge in [0, 0.05) is 31.4 Å². The number of carbonyl (C=O) groups is 1. The second-order valence-electron chi connectivity index (χ2n) is 9.68. The Kier molecular flexibility index (Phi) is 5.42. The first kappa shape index (κ1) is 22.0. The van der Waals surface area contributed by atoms with E-state index in [0.717, 1.165) is 54.6 Å². The van der Waals surface area contributed by atoms with Gasteiger partial charge in [-0.25, -0.2) is 9.50 Å². The van der Waals surface area contributed by atoms with Crippen LogP contribution < -0.4 is 15.5 Å². The number of carbonyl (C=O) groups excluding carboxylic acids is 1. The summed E-state index contributed by atoms with van der Waals surface area (Å²) in [6.07, 6.45) is 8.44. The molecule has 1 aliphatic heterocycles. The molecule has 0 unspecified atom stereocenters. The summed E-state index contributed by atoms with van der Waals surface area (Å²) in [6, 6.07) is 6.94. The van der Waals surface area contributed by atoms with Gasteiger partial charge in [-0.15, -0.1) is 0 Å². The number of hydrogen-bond acceptors (Lipinski definition) is 7. The smallest absolute Gasteiger partial charge is 0.275 e. The van der Waals surface area contributed by atoms with Gasteiger partial charge in [0.1, 0.15) is 5.69 Å². The van der Waals surface area contributed by atoms with Crippen LogP contribution >= 0.6 is 0 Å². The average molecular weight is 475 g/mol. The zero-order valence-electron chi connectivity index (χ0n) is 20.0. The molecule has 1 aliphatic carbocycles. The highest BCUT2D eigenvalue weighted by Gasteiger charge is 2.28. The van der Waals surface area contributed by atoms with Crippen molar-refractivity contribution in [2.24, 2.45) is 0 Å². The largest absolute Gasteiger partial charge is 0.390 e. The molecule has 10 nitrogen and oxygen atoms in total. The predicted molar refractivity (Wildman–Crippen MR) is 133 cm³/mol. The summed E-state index contributed by atoms with van der Waals surface area (Å²) in [5, 5.41) is 20.9. The summed E-state index contributed by atoms with van der Waals surface area (Å²) >= 11 is 0. The molecule has 182 valence electrons. The summed E-state index contributed by atoms with van der Waals surface area (Å²) in [4.78, 5) is 24.6. The molecular weight excluding hydrogens is 444 g/mol. The first-order valence-corrected chi connectivity index (χ1v) is 12.3. The predicted octanol–water partition coefficient (Wildman–Crippen LogP) is 2.46. The van der Waals surface area contributed by atoms with Gasteiger partial charge in [-0.1, -0.05) is 0 Å². The number of nitrogens with zero attached hydrogens (tertiary/aromatic N) is 6. The average Bonchev–Trinajstić information content (AvgIpc) is 3.39. The number of rotatable bonds is 6. The van der Waals surface area contributed by atoms with Gasteiger partial charge in [-0.3, -0.25) is 9.78 Å². The van der Waals surface area contributed by atoms with Crippen molar-refractivity contribution in [2.45, 2.75) is 58.2 Å². The van der Waals surface area contributed by atoms with Gasteiger partial charge < -0.3 is 25.0 Å². The van der Waals surface area contributed by atoms with Crippen molar-refractivity contribution in [1.29, 1.82) is 0 Å². The molecule has 2 aliphatic rings. The van der Waals surface area contributed by atoms with E-state index in [0.29, 0.717) is 28.9 Å². The lowest BCUT2D eigenvalue weighted by atomic mass is 10.0. The molecule has 0 spiro atoms. The maximum absolute atomic E-state index is 13.3. The Bertz CT molecular complexity index is 1410. The van der Waals surface area contributed by atoms with E-state index in [1.54, 1.807) is 16.8 Å². The molecule has 1 saturated carbocycles. The van der Waals surface area contributed by atoms with E-state index in [-0.39, 0.29) is 12.5 Å². The van der Waals surface area contributed by atoms with Crippen LogP contribution in [0.15, 0.2) is 30.6 Å². The SMILES string of the molecule is Cc1cn2cc(NC(=O)c3ccc(N4CCC(NC5CC5)CC4)c4cc(CO)nn34)nc2c(C)n1. The zero-order valence-corrected chi connectivity index (χ0v) is 20.0. The third-order valence-corrected chi connectivity index (χ3v) is 6.90. The van der Waals surface area contributed by atoms with Crippen LogP contribution in [0.1, 0.15) is 53.3 Å². The minimum atomic E-state index is -0.313. The third kappa shape index (κ3) is 4.23. The van der Waals surface area contributed by atoms with Crippen molar-refractivity contribution in [2.75, 3.05) is 23.3 Å². The molecule has 4 aromatic rings. The normalized spacial score (nSPS) is 16.9. The number of aryl methyl sites for hydroxylation is 2. The Morgan fingerprint density at radius 2 is 1.86 bits per heavy atom. The van der Waals surface area contributed by atoms with Crippen LogP contribution in [0.2, 0.25) is 0 Å². The molecule has 2 fully saturated rings. The summed E-state index contributed by atoms with van der Waals surface area (Å²) in [5.74, 6) is 0.134. The lowest BCUT2D eigenvalue weighted by Gasteiger charge is -2.34. The number of imidazole rings is 1. The molecular formula is C25H30N8O2. The number of aliphatic hydroxyl groups is 1. The molecule has 1 amide bonds. The summed E-state index contributed by atoms with van der Waals surface area (Å²) in [7, 11) is 0. The Morgan fingerprint density at radius 3 is 2.60 bits per heavy atom. The number of nitrogens with one attached hydrogen (secondary N) is 2. The number of aliphatic hydroxyl groups excluding tert-OH is 1. The van der Waals surface area contributed by atoms with Gasteiger partial charge in [0.2, 0.25) is 0 Å². The van der Waals surface area contributed by atoms with Crippen molar-refractivity contribution in [1.82, 2.24) is 29.3 Å². The fraction of sp³-hybridized carbons (Fsp3) is 0.440. The van der Waals surface area contributed by atoms with E-state index in [4.69, 9.17) is 0 Å². The van der Waals surface area contributed by atoms with Crippen LogP contribution in [0.5, 0.6) is 0 Å². The van der Waals surface area contributed by atoms with E-state index in [1.165, 1.54) is 12.8 Å². The highest BCUT2D eigenvalue weighted by atomic mass is 16.3. The molecule has 0 aromatic carbocycles. The number of hydrogen-bond donors (Lipinski definition) is 3. The molecule has 35 heavy (non-hydrogen) atoms. The molecule has 3 N–H and O–H groups in total. The molecule has 5 heterocycles. The molecule has 0 radical (unpaired) electrons. The molecule has 0 atom stereocenters. The van der Waals surface area contributed by atoms with Crippen molar-refractivity contribution < 1.29 is 9.90 Å². The molecule has 0 bridgehead atoms. The highest BCUT2D eigenvalue weighted by Crippen LogP contribution is 2.29. The Morgan fingerprint density at radius 1 is 1.09 bits per heavy atom. The van der Waals surface area contributed by atoms with Crippen LogP contribution in [0.25, 0.3) is 11.2 Å². The maximum Gasteiger partial charge on any atom is 0.275 e. The Labute approximate surface area is 203 Å². The fourth-order valence-corrected chi connectivity index (χ4v) is 5.04. The van der Waals surface area contributed by atoms with Crippen LogP contribution in [0.3, 0.4) is 0 Å². The van der Waals surface area contributed by atoms with E-state index < -0.39 is 0 Å². The number of aromatic nitrogens is 5. The van der Waals surface area contributed by atoms with E-state index >= 15 is 0 Å². The van der Waals surface area contributed by atoms with Gasteiger partial charge in [0.25, 0.3) is 5.91 Å². The zero-order chi connectivity index (χ0) is 24.1. The van der Waals surface area contributed by atoms with Gasteiger partial charge >= 0.3 is 0 Å². The molecule has 10 heteroatoms. The van der Waals surface area contributed by atoms with Crippen LogP contribution in [-0.4, -0.2) is 60.2 Å². The van der Waals surface area contributed by atoms with Gasteiger partial charge in [0.05, 0.1) is 41.1 Å². The second kappa shape index (κ2) is 8.62. The number of fused-ring (bicyclic) bond motifs is 2. The van der Waals surface area contributed by atoms with Crippen LogP contribution in [0.4, 0.5) is 11.5 Å². The van der Waals surface area contributed by atoms with Crippen LogP contribution in [0, 0.1) is 13.8 Å². The lowest BCUT2D eigenvalue weighted by Crippen LogP contribution is -2.43. The van der Waals surface area contributed by atoms with Crippen LogP contribution in [-0.2, 0) is 6.61 Å². The number of pyridine rings is 1. The fourth-order valence-electron chi connectivity index (χ4n) is 5.04. The summed E-state index contributed by atoms with van der Waals surface area (Å²) < 4.78 is 3.50. The van der Waals surface area contributed by atoms with Gasteiger partial charge in [-0.2, -0.15) is 5.10 Å².